The molecule has 1 aliphatic heterocycles. The van der Waals surface area contributed by atoms with Crippen LogP contribution in [0.4, 0.5) is 0 Å². The molecule has 0 saturated carbocycles. The Morgan fingerprint density at radius 2 is 1.96 bits per heavy atom. The third-order valence-electron chi connectivity index (χ3n) is 4.72. The van der Waals surface area contributed by atoms with Crippen LogP contribution in [0.15, 0.2) is 59.3 Å². The highest BCUT2D eigenvalue weighted by Gasteiger charge is 2.30. The summed E-state index contributed by atoms with van der Waals surface area (Å²) in [4.78, 5) is 14.9. The standard InChI is InChI=1S/C21H19ClN2O3/c1-14-6-8-15(9-7-14)20-17(12-23-27-20)21(25)24-10-11-26-19(13-24)16-4-2-3-5-18(16)22/h2-9,12,19H,10-11,13H2,1H3. The van der Waals surface area contributed by atoms with E-state index in [0.717, 1.165) is 16.7 Å². The van der Waals surface area contributed by atoms with E-state index in [1.165, 1.54) is 6.20 Å². The average Bonchev–Trinajstić information content (AvgIpc) is 3.18. The zero-order valence-electron chi connectivity index (χ0n) is 14.9. The number of halogens is 1. The molecule has 0 spiro atoms. The molecule has 1 unspecified atom stereocenters. The molecular formula is C21H19ClN2O3. The fourth-order valence-electron chi connectivity index (χ4n) is 3.23. The Morgan fingerprint density at radius 1 is 1.19 bits per heavy atom. The zero-order valence-corrected chi connectivity index (χ0v) is 15.6. The van der Waals surface area contributed by atoms with Crippen molar-refractivity contribution < 1.29 is 14.1 Å². The van der Waals surface area contributed by atoms with Gasteiger partial charge in [-0.05, 0) is 13.0 Å². The van der Waals surface area contributed by atoms with Crippen molar-refractivity contribution in [2.45, 2.75) is 13.0 Å². The minimum Gasteiger partial charge on any atom is -0.370 e. The van der Waals surface area contributed by atoms with Gasteiger partial charge in [0.2, 0.25) is 0 Å². The van der Waals surface area contributed by atoms with Crippen molar-refractivity contribution >= 4 is 17.5 Å². The lowest BCUT2D eigenvalue weighted by Gasteiger charge is -2.33. The van der Waals surface area contributed by atoms with Crippen LogP contribution in [-0.2, 0) is 4.74 Å². The Labute approximate surface area is 162 Å². The molecule has 1 aromatic heterocycles. The van der Waals surface area contributed by atoms with Crippen LogP contribution in [0, 0.1) is 6.92 Å². The van der Waals surface area contributed by atoms with Crippen molar-refractivity contribution in [1.29, 1.82) is 0 Å². The molecule has 1 aliphatic rings. The van der Waals surface area contributed by atoms with Gasteiger partial charge in [-0.1, -0.05) is 64.8 Å². The van der Waals surface area contributed by atoms with Gasteiger partial charge in [-0.15, -0.1) is 0 Å². The molecule has 0 aliphatic carbocycles. The highest BCUT2D eigenvalue weighted by Crippen LogP contribution is 2.30. The van der Waals surface area contributed by atoms with Crippen molar-refractivity contribution in [2.75, 3.05) is 19.7 Å². The van der Waals surface area contributed by atoms with Gasteiger partial charge in [-0.3, -0.25) is 4.79 Å². The minimum absolute atomic E-state index is 0.118. The van der Waals surface area contributed by atoms with Gasteiger partial charge in [0.25, 0.3) is 5.91 Å². The van der Waals surface area contributed by atoms with E-state index in [0.29, 0.717) is 36.0 Å². The van der Waals surface area contributed by atoms with Crippen LogP contribution in [0.2, 0.25) is 5.02 Å². The number of hydrogen-bond acceptors (Lipinski definition) is 4. The van der Waals surface area contributed by atoms with Crippen molar-refractivity contribution in [2.24, 2.45) is 0 Å². The molecule has 1 amide bonds. The zero-order chi connectivity index (χ0) is 18.8. The van der Waals surface area contributed by atoms with Crippen molar-refractivity contribution in [3.8, 4) is 11.3 Å². The first-order valence-corrected chi connectivity index (χ1v) is 9.18. The summed E-state index contributed by atoms with van der Waals surface area (Å²) < 4.78 is 11.2. The largest absolute Gasteiger partial charge is 0.370 e. The molecule has 1 saturated heterocycles. The molecule has 6 heteroatoms. The number of nitrogens with zero attached hydrogens (tertiary/aromatic N) is 2. The van der Waals surface area contributed by atoms with Crippen LogP contribution >= 0.6 is 11.6 Å². The van der Waals surface area contributed by atoms with Crippen LogP contribution in [0.3, 0.4) is 0 Å². The number of amides is 1. The Kier molecular flexibility index (Phi) is 4.97. The van der Waals surface area contributed by atoms with Gasteiger partial charge in [0, 0.05) is 22.7 Å². The molecule has 2 aromatic carbocycles. The number of morpholine rings is 1. The van der Waals surface area contributed by atoms with Crippen LogP contribution in [0.1, 0.15) is 27.6 Å². The summed E-state index contributed by atoms with van der Waals surface area (Å²) in [5.74, 6) is 0.368. The lowest BCUT2D eigenvalue weighted by atomic mass is 10.0. The molecule has 1 atom stereocenters. The predicted molar refractivity (Wildman–Crippen MR) is 103 cm³/mol. The number of aromatic nitrogens is 1. The first-order valence-electron chi connectivity index (χ1n) is 8.80. The predicted octanol–water partition coefficient (Wildman–Crippen LogP) is 4.52. The number of carbonyl (C=O) groups excluding carboxylic acids is 1. The van der Waals surface area contributed by atoms with Gasteiger partial charge in [0.15, 0.2) is 5.76 Å². The molecule has 27 heavy (non-hydrogen) atoms. The van der Waals surface area contributed by atoms with Crippen LogP contribution < -0.4 is 0 Å². The Hall–Kier alpha value is -2.63. The number of aryl methyl sites for hydroxylation is 1. The second kappa shape index (κ2) is 7.55. The number of ether oxygens (including phenoxy) is 1. The highest BCUT2D eigenvalue weighted by atomic mass is 35.5. The smallest absolute Gasteiger partial charge is 0.259 e. The van der Waals surface area contributed by atoms with E-state index in [1.54, 1.807) is 4.90 Å². The summed E-state index contributed by atoms with van der Waals surface area (Å²) in [6, 6.07) is 15.4. The molecule has 2 heterocycles. The van der Waals surface area contributed by atoms with Gasteiger partial charge in [-0.2, -0.15) is 0 Å². The minimum atomic E-state index is -0.251. The summed E-state index contributed by atoms with van der Waals surface area (Å²) in [5.41, 5.74) is 3.32. The second-order valence-corrected chi connectivity index (χ2v) is 6.97. The van der Waals surface area contributed by atoms with Gasteiger partial charge >= 0.3 is 0 Å². The summed E-state index contributed by atoms with van der Waals surface area (Å²) in [5, 5.41) is 4.49. The van der Waals surface area contributed by atoms with Crippen molar-refractivity contribution in [3.05, 3.63) is 76.4 Å². The molecule has 0 radical (unpaired) electrons. The van der Waals surface area contributed by atoms with Crippen molar-refractivity contribution in [1.82, 2.24) is 10.1 Å². The fraction of sp³-hybridized carbons (Fsp3) is 0.238. The first-order chi connectivity index (χ1) is 13.1. The van der Waals surface area contributed by atoms with E-state index in [2.05, 4.69) is 5.16 Å². The van der Waals surface area contributed by atoms with E-state index in [4.69, 9.17) is 20.9 Å². The second-order valence-electron chi connectivity index (χ2n) is 6.57. The van der Waals surface area contributed by atoms with Gasteiger partial charge in [0.1, 0.15) is 11.7 Å². The van der Waals surface area contributed by atoms with Crippen molar-refractivity contribution in [3.63, 3.8) is 0 Å². The summed E-state index contributed by atoms with van der Waals surface area (Å²) in [6.45, 7) is 3.41. The number of rotatable bonds is 3. The van der Waals surface area contributed by atoms with Crippen LogP contribution in [0.25, 0.3) is 11.3 Å². The summed E-state index contributed by atoms with van der Waals surface area (Å²) in [6.07, 6.45) is 1.23. The highest BCUT2D eigenvalue weighted by molar-refractivity contribution is 6.31. The Bertz CT molecular complexity index is 952. The molecule has 0 bridgehead atoms. The maximum atomic E-state index is 13.1. The average molecular weight is 383 g/mol. The van der Waals surface area contributed by atoms with Crippen LogP contribution in [-0.4, -0.2) is 35.7 Å². The van der Waals surface area contributed by atoms with E-state index in [-0.39, 0.29) is 12.0 Å². The van der Waals surface area contributed by atoms with E-state index in [1.807, 2.05) is 55.5 Å². The molecule has 0 N–H and O–H groups in total. The lowest BCUT2D eigenvalue weighted by Crippen LogP contribution is -2.42. The summed E-state index contributed by atoms with van der Waals surface area (Å²) in [7, 11) is 0. The third kappa shape index (κ3) is 3.61. The van der Waals surface area contributed by atoms with E-state index < -0.39 is 0 Å². The number of hydrogen-bond donors (Lipinski definition) is 0. The lowest BCUT2D eigenvalue weighted by molar-refractivity contribution is -0.0227. The van der Waals surface area contributed by atoms with E-state index in [9.17, 15) is 4.79 Å². The molecule has 5 nitrogen and oxygen atoms in total. The van der Waals surface area contributed by atoms with Crippen LogP contribution in [0.5, 0.6) is 0 Å². The van der Waals surface area contributed by atoms with Gasteiger partial charge < -0.3 is 14.2 Å². The topological polar surface area (TPSA) is 55.6 Å². The third-order valence-corrected chi connectivity index (χ3v) is 5.06. The summed E-state index contributed by atoms with van der Waals surface area (Å²) >= 11 is 6.29. The Balaban J connectivity index is 1.58. The monoisotopic (exact) mass is 382 g/mol. The molecule has 138 valence electrons. The molecule has 1 fully saturated rings. The first kappa shape index (κ1) is 17.8. The molecule has 3 aromatic rings. The normalized spacial score (nSPS) is 17.1. The SMILES string of the molecule is Cc1ccc(-c2oncc2C(=O)N2CCOC(c3ccccc3Cl)C2)cc1. The number of benzene rings is 2. The maximum Gasteiger partial charge on any atom is 0.259 e. The fourth-order valence-corrected chi connectivity index (χ4v) is 3.49. The molecule has 4 rings (SSSR count). The van der Waals surface area contributed by atoms with Gasteiger partial charge in [-0.25, -0.2) is 0 Å². The molecular weight excluding hydrogens is 364 g/mol. The quantitative estimate of drug-likeness (QED) is 0.668. The van der Waals surface area contributed by atoms with Gasteiger partial charge in [0.05, 0.1) is 19.3 Å². The Morgan fingerprint density at radius 3 is 2.74 bits per heavy atom. The number of carbonyl (C=O) groups is 1. The van der Waals surface area contributed by atoms with E-state index >= 15 is 0 Å². The maximum absolute atomic E-state index is 13.1.